The van der Waals surface area contributed by atoms with Gasteiger partial charge in [-0.15, -0.1) is 0 Å². The number of phenols is 1. The van der Waals surface area contributed by atoms with E-state index in [0.717, 1.165) is 11.1 Å². The highest BCUT2D eigenvalue weighted by molar-refractivity contribution is 5.87. The lowest BCUT2D eigenvalue weighted by atomic mass is 9.99. The van der Waals surface area contributed by atoms with Gasteiger partial charge in [-0.2, -0.15) is 5.10 Å². The molecule has 128 valence electrons. The minimum atomic E-state index is -0.336. The fraction of sp³-hybridized carbons (Fsp3) is 0.211. The van der Waals surface area contributed by atoms with Gasteiger partial charge < -0.3 is 10.0 Å². The second-order valence-corrected chi connectivity index (χ2v) is 5.97. The molecule has 25 heavy (non-hydrogen) atoms. The second-order valence-electron chi connectivity index (χ2n) is 5.97. The Morgan fingerprint density at radius 2 is 1.92 bits per heavy atom. The van der Waals surface area contributed by atoms with Gasteiger partial charge in [-0.1, -0.05) is 30.3 Å². The van der Waals surface area contributed by atoms with Crippen LogP contribution in [0.25, 0.3) is 0 Å². The Morgan fingerprint density at radius 1 is 1.20 bits per heavy atom. The summed E-state index contributed by atoms with van der Waals surface area (Å²) in [5.41, 5.74) is 4.29. The van der Waals surface area contributed by atoms with E-state index < -0.39 is 0 Å². The first-order valence-electron chi connectivity index (χ1n) is 8.05. The van der Waals surface area contributed by atoms with Gasteiger partial charge in [-0.3, -0.25) is 9.59 Å². The van der Waals surface area contributed by atoms with Crippen molar-refractivity contribution in [2.45, 2.75) is 12.3 Å². The van der Waals surface area contributed by atoms with Crippen LogP contribution in [0.5, 0.6) is 5.75 Å². The Labute approximate surface area is 145 Å². The number of hydrogen-bond donors (Lipinski definition) is 2. The molecule has 0 spiro atoms. The van der Waals surface area contributed by atoms with Gasteiger partial charge in [0.25, 0.3) is 5.91 Å². The second kappa shape index (κ2) is 7.61. The molecule has 6 nitrogen and oxygen atoms in total. The third-order valence-electron chi connectivity index (χ3n) is 4.12. The molecule has 2 N–H and O–H groups in total. The average Bonchev–Trinajstić information content (AvgIpc) is 2.98. The first-order valence-corrected chi connectivity index (χ1v) is 8.05. The molecule has 1 aliphatic heterocycles. The summed E-state index contributed by atoms with van der Waals surface area (Å²) < 4.78 is 0. The maximum absolute atomic E-state index is 12.1. The van der Waals surface area contributed by atoms with Gasteiger partial charge in [0, 0.05) is 18.9 Å². The third-order valence-corrected chi connectivity index (χ3v) is 4.12. The van der Waals surface area contributed by atoms with E-state index in [2.05, 4.69) is 10.5 Å². The number of benzene rings is 2. The van der Waals surface area contributed by atoms with Crippen molar-refractivity contribution in [1.82, 2.24) is 10.3 Å². The zero-order chi connectivity index (χ0) is 17.6. The zero-order valence-electron chi connectivity index (χ0n) is 13.6. The summed E-state index contributed by atoms with van der Waals surface area (Å²) >= 11 is 0. The van der Waals surface area contributed by atoms with E-state index in [0.29, 0.717) is 13.0 Å². The van der Waals surface area contributed by atoms with E-state index in [1.807, 2.05) is 30.3 Å². The molecule has 2 aromatic carbocycles. The molecule has 0 bridgehead atoms. The molecule has 1 fully saturated rings. The Bertz CT molecular complexity index is 772. The molecule has 2 aromatic rings. The van der Waals surface area contributed by atoms with Gasteiger partial charge in [0.2, 0.25) is 5.91 Å². The van der Waals surface area contributed by atoms with Crippen LogP contribution in [0.2, 0.25) is 0 Å². The summed E-state index contributed by atoms with van der Waals surface area (Å²) in [7, 11) is 0. The van der Waals surface area contributed by atoms with E-state index in [9.17, 15) is 14.7 Å². The molecule has 2 amide bonds. The maximum atomic E-state index is 12.1. The summed E-state index contributed by atoms with van der Waals surface area (Å²) in [6.45, 7) is 0.535. The van der Waals surface area contributed by atoms with E-state index in [-0.39, 0.29) is 30.0 Å². The number of carbonyl (C=O) groups excluding carboxylic acids is 2. The molecule has 1 saturated heterocycles. The number of likely N-dealkylation sites (tertiary alicyclic amines) is 1. The van der Waals surface area contributed by atoms with Crippen LogP contribution in [0.3, 0.4) is 0 Å². The Kier molecular flexibility index (Phi) is 5.09. The number of carbonyl (C=O) groups is 2. The molecule has 1 aliphatic rings. The maximum Gasteiger partial charge on any atom is 0.259 e. The topological polar surface area (TPSA) is 82.0 Å². The number of hydrazone groups is 1. The highest BCUT2D eigenvalue weighted by Gasteiger charge is 2.31. The summed E-state index contributed by atoms with van der Waals surface area (Å²) in [4.78, 5) is 25.6. The van der Waals surface area contributed by atoms with Crippen LogP contribution < -0.4 is 5.43 Å². The van der Waals surface area contributed by atoms with Crippen molar-refractivity contribution >= 4 is 18.0 Å². The average molecular weight is 337 g/mol. The molecule has 0 radical (unpaired) electrons. The minimum Gasteiger partial charge on any atom is -0.508 e. The lowest BCUT2D eigenvalue weighted by Crippen LogP contribution is -2.36. The largest absolute Gasteiger partial charge is 0.508 e. The lowest BCUT2D eigenvalue weighted by molar-refractivity contribution is -0.133. The van der Waals surface area contributed by atoms with E-state index >= 15 is 0 Å². The predicted molar refractivity (Wildman–Crippen MR) is 94.2 cm³/mol. The Balaban J connectivity index is 1.51. The van der Waals surface area contributed by atoms with Crippen LogP contribution in [0.15, 0.2) is 59.7 Å². The van der Waals surface area contributed by atoms with Crippen LogP contribution in [0.1, 0.15) is 23.5 Å². The van der Waals surface area contributed by atoms with Crippen molar-refractivity contribution in [1.29, 1.82) is 0 Å². The number of nitrogens with one attached hydrogen (secondary N) is 1. The van der Waals surface area contributed by atoms with Crippen LogP contribution in [-0.2, 0) is 9.59 Å². The molecule has 0 aromatic heterocycles. The van der Waals surface area contributed by atoms with Gasteiger partial charge in [-0.05, 0) is 35.4 Å². The number of aromatic hydroxyl groups is 1. The van der Waals surface area contributed by atoms with Gasteiger partial charge in [0.05, 0.1) is 6.21 Å². The highest BCUT2D eigenvalue weighted by atomic mass is 16.3. The molecule has 0 saturated carbocycles. The zero-order valence-corrected chi connectivity index (χ0v) is 13.6. The predicted octanol–water partition coefficient (Wildman–Crippen LogP) is 1.86. The number of rotatable bonds is 5. The molecule has 0 aliphatic carbocycles. The van der Waals surface area contributed by atoms with Crippen molar-refractivity contribution in [3.05, 3.63) is 65.7 Å². The van der Waals surface area contributed by atoms with Crippen LogP contribution >= 0.6 is 0 Å². The summed E-state index contributed by atoms with van der Waals surface area (Å²) in [6, 6.07) is 16.3. The normalized spacial score (nSPS) is 17.2. The highest BCUT2D eigenvalue weighted by Crippen LogP contribution is 2.27. The molecule has 6 heteroatoms. The lowest BCUT2D eigenvalue weighted by Gasteiger charge is -2.15. The van der Waals surface area contributed by atoms with Gasteiger partial charge >= 0.3 is 0 Å². The first-order chi connectivity index (χ1) is 12.1. The van der Waals surface area contributed by atoms with Crippen LogP contribution in [0.4, 0.5) is 0 Å². The molecule has 1 heterocycles. The van der Waals surface area contributed by atoms with Gasteiger partial charge in [0.1, 0.15) is 12.3 Å². The van der Waals surface area contributed by atoms with Crippen molar-refractivity contribution in [3.8, 4) is 5.75 Å². The van der Waals surface area contributed by atoms with E-state index in [1.165, 1.54) is 18.3 Å². The van der Waals surface area contributed by atoms with Gasteiger partial charge in [-0.25, -0.2) is 5.43 Å². The molecule has 1 atom stereocenters. The number of hydrogen-bond acceptors (Lipinski definition) is 4. The fourth-order valence-corrected chi connectivity index (χ4v) is 2.82. The van der Waals surface area contributed by atoms with Crippen LogP contribution in [-0.4, -0.2) is 41.1 Å². The van der Waals surface area contributed by atoms with E-state index in [1.54, 1.807) is 17.0 Å². The van der Waals surface area contributed by atoms with Crippen molar-refractivity contribution < 1.29 is 14.7 Å². The van der Waals surface area contributed by atoms with Crippen molar-refractivity contribution in [2.75, 3.05) is 13.1 Å². The Hall–Kier alpha value is -3.15. The summed E-state index contributed by atoms with van der Waals surface area (Å²) in [6.07, 6.45) is 1.91. The summed E-state index contributed by atoms with van der Waals surface area (Å²) in [5, 5.41) is 13.1. The summed E-state index contributed by atoms with van der Waals surface area (Å²) in [5.74, 6) is -0.0627. The van der Waals surface area contributed by atoms with Crippen molar-refractivity contribution in [3.63, 3.8) is 0 Å². The molecule has 3 rings (SSSR count). The van der Waals surface area contributed by atoms with Gasteiger partial charge in [0.15, 0.2) is 0 Å². The van der Waals surface area contributed by atoms with E-state index in [4.69, 9.17) is 0 Å². The monoisotopic (exact) mass is 337 g/mol. The third kappa shape index (κ3) is 4.44. The molecular weight excluding hydrogens is 318 g/mol. The van der Waals surface area contributed by atoms with Crippen molar-refractivity contribution in [2.24, 2.45) is 5.10 Å². The fourth-order valence-electron chi connectivity index (χ4n) is 2.82. The Morgan fingerprint density at radius 3 is 2.64 bits per heavy atom. The van der Waals surface area contributed by atoms with Crippen LogP contribution in [0, 0.1) is 0 Å². The quantitative estimate of drug-likeness (QED) is 0.645. The minimum absolute atomic E-state index is 0.00488. The standard InChI is InChI=1S/C19H19N3O3/c23-17-8-6-14(7-9-17)11-20-21-18(24)13-22-12-16(10-19(22)25)15-4-2-1-3-5-15/h1-9,11,16,23H,10,12-13H2,(H,21,24)/b20-11-/t16-/m0/s1. The molecular formula is C19H19N3O3. The number of phenolic OH excluding ortho intramolecular Hbond substituents is 1. The molecule has 0 unspecified atom stereocenters. The smallest absolute Gasteiger partial charge is 0.259 e. The first kappa shape index (κ1) is 16.7. The SMILES string of the molecule is O=C(CN1C[C@@H](c2ccccc2)CC1=O)N/N=C\c1ccc(O)cc1. The number of nitrogens with zero attached hydrogens (tertiary/aromatic N) is 2. The number of amides is 2.